The standard InChI is InChI=1S/C28H24ClFN6O3/c1-16-34-25-14-33-24-13-23(30)20(19-4-3-18(11-22(19)29)39-28-31-7-2-8-32-28)12-21(24)27(25)36(16)17-5-9-35(10-6-17)26(38)15-37/h2-4,7-8,11-14,17,37H,5-6,9-10,15H2,1H3. The van der Waals surface area contributed by atoms with Gasteiger partial charge in [0.2, 0.25) is 5.91 Å². The summed E-state index contributed by atoms with van der Waals surface area (Å²) in [5.41, 5.74) is 2.92. The Morgan fingerprint density at radius 1 is 1.10 bits per heavy atom. The number of halogens is 2. The summed E-state index contributed by atoms with van der Waals surface area (Å²) >= 11 is 6.61. The number of fused-ring (bicyclic) bond motifs is 3. The highest BCUT2D eigenvalue weighted by atomic mass is 35.5. The number of rotatable bonds is 5. The highest BCUT2D eigenvalue weighted by Crippen LogP contribution is 2.38. The number of aromatic nitrogens is 5. The zero-order valence-corrected chi connectivity index (χ0v) is 21.8. The van der Waals surface area contributed by atoms with Crippen LogP contribution in [0, 0.1) is 12.7 Å². The first kappa shape index (κ1) is 25.1. The Bertz CT molecular complexity index is 1700. The van der Waals surface area contributed by atoms with Crippen LogP contribution in [0.2, 0.25) is 5.02 Å². The van der Waals surface area contributed by atoms with E-state index in [2.05, 4.69) is 19.5 Å². The van der Waals surface area contributed by atoms with Crippen molar-refractivity contribution in [2.24, 2.45) is 0 Å². The van der Waals surface area contributed by atoms with Gasteiger partial charge in [0.05, 0.1) is 22.3 Å². The summed E-state index contributed by atoms with van der Waals surface area (Å²) in [6.45, 7) is 2.54. The molecular formula is C28H24ClFN6O3. The number of hydrogen-bond donors (Lipinski definition) is 1. The molecule has 4 heterocycles. The van der Waals surface area contributed by atoms with Crippen LogP contribution in [0.4, 0.5) is 4.39 Å². The summed E-state index contributed by atoms with van der Waals surface area (Å²) in [4.78, 5) is 30.9. The lowest BCUT2D eigenvalue weighted by Crippen LogP contribution is -2.40. The fraction of sp³-hybridized carbons (Fsp3) is 0.250. The molecule has 3 aromatic heterocycles. The van der Waals surface area contributed by atoms with E-state index in [4.69, 9.17) is 21.3 Å². The molecule has 198 valence electrons. The molecule has 0 aliphatic carbocycles. The lowest BCUT2D eigenvalue weighted by molar-refractivity contribution is -0.135. The van der Waals surface area contributed by atoms with E-state index < -0.39 is 12.4 Å². The molecule has 1 aliphatic rings. The topological polar surface area (TPSA) is 106 Å². The fourth-order valence-corrected chi connectivity index (χ4v) is 5.53. The molecule has 5 aromatic rings. The van der Waals surface area contributed by atoms with Gasteiger partial charge < -0.3 is 19.3 Å². The summed E-state index contributed by atoms with van der Waals surface area (Å²) < 4.78 is 23.2. The molecule has 39 heavy (non-hydrogen) atoms. The molecule has 1 fully saturated rings. The van der Waals surface area contributed by atoms with Gasteiger partial charge in [0.1, 0.15) is 29.5 Å². The number of piperidine rings is 1. The third-order valence-electron chi connectivity index (χ3n) is 7.08. The highest BCUT2D eigenvalue weighted by Gasteiger charge is 2.27. The smallest absolute Gasteiger partial charge is 0.321 e. The van der Waals surface area contributed by atoms with Crippen LogP contribution in [0.1, 0.15) is 24.7 Å². The van der Waals surface area contributed by atoms with Crippen LogP contribution in [0.3, 0.4) is 0 Å². The number of aryl methyl sites for hydroxylation is 1. The molecule has 1 aliphatic heterocycles. The van der Waals surface area contributed by atoms with Crippen molar-refractivity contribution in [1.29, 1.82) is 0 Å². The number of aliphatic hydroxyl groups is 1. The second-order valence-electron chi connectivity index (χ2n) is 9.42. The maximum absolute atomic E-state index is 15.4. The van der Waals surface area contributed by atoms with Crippen molar-refractivity contribution in [2.75, 3.05) is 19.7 Å². The minimum Gasteiger partial charge on any atom is -0.424 e. The second kappa shape index (κ2) is 10.2. The number of benzene rings is 2. The van der Waals surface area contributed by atoms with Gasteiger partial charge in [-0.05, 0) is 44.0 Å². The molecule has 0 unspecified atom stereocenters. The fourth-order valence-electron chi connectivity index (χ4n) is 5.26. The average molecular weight is 547 g/mol. The molecule has 2 aromatic carbocycles. The second-order valence-corrected chi connectivity index (χ2v) is 9.82. The molecule has 6 rings (SSSR count). The van der Waals surface area contributed by atoms with E-state index in [-0.39, 0.29) is 18.0 Å². The van der Waals surface area contributed by atoms with E-state index in [9.17, 15) is 9.90 Å². The van der Waals surface area contributed by atoms with Crippen molar-refractivity contribution in [2.45, 2.75) is 25.8 Å². The minimum atomic E-state index is -0.488. The number of ether oxygens (including phenoxy) is 1. The van der Waals surface area contributed by atoms with Crippen molar-refractivity contribution in [1.82, 2.24) is 29.4 Å². The molecule has 0 radical (unpaired) electrons. The maximum Gasteiger partial charge on any atom is 0.321 e. The summed E-state index contributed by atoms with van der Waals surface area (Å²) in [5, 5.41) is 10.3. The van der Waals surface area contributed by atoms with E-state index in [1.807, 2.05) is 6.92 Å². The number of carbonyl (C=O) groups is 1. The van der Waals surface area contributed by atoms with Crippen LogP contribution in [0.15, 0.2) is 55.0 Å². The zero-order chi connectivity index (χ0) is 27.1. The molecule has 1 amide bonds. The Morgan fingerprint density at radius 3 is 2.59 bits per heavy atom. The predicted molar refractivity (Wildman–Crippen MR) is 144 cm³/mol. The molecule has 0 atom stereocenters. The minimum absolute atomic E-state index is 0.0945. The SMILES string of the molecule is Cc1nc2cnc3cc(F)c(-c4ccc(Oc5ncccn5)cc4Cl)cc3c2n1C1CCN(C(=O)CO)CC1. The van der Waals surface area contributed by atoms with Gasteiger partial charge >= 0.3 is 6.01 Å². The van der Waals surface area contributed by atoms with Crippen molar-refractivity contribution in [3.05, 3.63) is 71.7 Å². The molecule has 1 N–H and O–H groups in total. The normalized spacial score (nSPS) is 14.3. The lowest BCUT2D eigenvalue weighted by atomic mass is 10.0. The van der Waals surface area contributed by atoms with E-state index in [1.54, 1.807) is 53.8 Å². The van der Waals surface area contributed by atoms with E-state index in [1.165, 1.54) is 6.07 Å². The van der Waals surface area contributed by atoms with Crippen molar-refractivity contribution in [3.63, 3.8) is 0 Å². The van der Waals surface area contributed by atoms with Crippen LogP contribution in [-0.4, -0.2) is 60.1 Å². The monoisotopic (exact) mass is 546 g/mol. The Morgan fingerprint density at radius 2 is 1.87 bits per heavy atom. The molecule has 0 bridgehead atoms. The molecular weight excluding hydrogens is 523 g/mol. The largest absolute Gasteiger partial charge is 0.424 e. The van der Waals surface area contributed by atoms with Gasteiger partial charge in [-0.25, -0.2) is 19.3 Å². The molecule has 0 saturated carbocycles. The van der Waals surface area contributed by atoms with Crippen molar-refractivity contribution >= 4 is 39.4 Å². The number of nitrogens with zero attached hydrogens (tertiary/aromatic N) is 6. The number of imidazole rings is 1. The third kappa shape index (κ3) is 4.66. The van der Waals surface area contributed by atoms with E-state index in [0.717, 1.165) is 16.7 Å². The van der Waals surface area contributed by atoms with Crippen molar-refractivity contribution < 1.29 is 19.0 Å². The Labute approximate surface area is 227 Å². The maximum atomic E-state index is 15.4. The van der Waals surface area contributed by atoms with Gasteiger partial charge in [-0.2, -0.15) is 0 Å². The quantitative estimate of drug-likeness (QED) is 0.327. The highest BCUT2D eigenvalue weighted by molar-refractivity contribution is 6.33. The first-order valence-corrected chi connectivity index (χ1v) is 12.9. The Kier molecular flexibility index (Phi) is 6.58. The van der Waals surface area contributed by atoms with Crippen LogP contribution in [0.25, 0.3) is 33.1 Å². The summed E-state index contributed by atoms with van der Waals surface area (Å²) in [7, 11) is 0. The van der Waals surface area contributed by atoms with Gasteiger partial charge in [0.25, 0.3) is 0 Å². The van der Waals surface area contributed by atoms with Crippen LogP contribution in [-0.2, 0) is 4.79 Å². The van der Waals surface area contributed by atoms with Crippen LogP contribution >= 0.6 is 11.6 Å². The van der Waals surface area contributed by atoms with Crippen LogP contribution in [0.5, 0.6) is 11.8 Å². The summed E-state index contributed by atoms with van der Waals surface area (Å²) in [6.07, 6.45) is 6.24. The number of hydrogen-bond acceptors (Lipinski definition) is 7. The Balaban J connectivity index is 1.41. The van der Waals surface area contributed by atoms with E-state index >= 15 is 4.39 Å². The molecule has 9 nitrogen and oxygen atoms in total. The molecule has 1 saturated heterocycles. The number of pyridine rings is 1. The first-order chi connectivity index (χ1) is 18.9. The summed E-state index contributed by atoms with van der Waals surface area (Å²) in [5.74, 6) is 0.537. The number of amides is 1. The third-order valence-corrected chi connectivity index (χ3v) is 7.39. The van der Waals surface area contributed by atoms with Gasteiger partial charge in [-0.3, -0.25) is 9.78 Å². The van der Waals surface area contributed by atoms with Gasteiger partial charge in [0.15, 0.2) is 0 Å². The average Bonchev–Trinajstić information content (AvgIpc) is 3.29. The summed E-state index contributed by atoms with van der Waals surface area (Å²) in [6, 6.07) is 10.1. The van der Waals surface area contributed by atoms with Crippen molar-refractivity contribution in [3.8, 4) is 22.9 Å². The van der Waals surface area contributed by atoms with Gasteiger partial charge in [-0.1, -0.05) is 11.6 Å². The predicted octanol–water partition coefficient (Wildman–Crippen LogP) is 5.09. The number of likely N-dealkylation sites (tertiary alicyclic amines) is 1. The number of carbonyl (C=O) groups excluding carboxylic acids is 1. The zero-order valence-electron chi connectivity index (χ0n) is 21.0. The number of aliphatic hydroxyl groups excluding tert-OH is 1. The van der Waals surface area contributed by atoms with Crippen LogP contribution < -0.4 is 4.74 Å². The molecule has 0 spiro atoms. The van der Waals surface area contributed by atoms with Gasteiger partial charge in [-0.15, -0.1) is 0 Å². The molecule has 11 heteroatoms. The lowest BCUT2D eigenvalue weighted by Gasteiger charge is -2.33. The van der Waals surface area contributed by atoms with Gasteiger partial charge in [0, 0.05) is 60.2 Å². The first-order valence-electron chi connectivity index (χ1n) is 12.5. The van der Waals surface area contributed by atoms with E-state index in [0.29, 0.717) is 58.9 Å². The Hall–Kier alpha value is -4.15.